The lowest BCUT2D eigenvalue weighted by Gasteiger charge is -2.24. The average Bonchev–Trinajstić information content (AvgIpc) is 2.52. The predicted octanol–water partition coefficient (Wildman–Crippen LogP) is 1.49. The van der Waals surface area contributed by atoms with Crippen LogP contribution >= 0.6 is 0 Å². The monoisotopic (exact) mass is 338 g/mol. The number of carbonyl (C=O) groups excluding carboxylic acids is 2. The summed E-state index contributed by atoms with van der Waals surface area (Å²) in [6, 6.07) is 3.80. The molecule has 0 fully saturated rings. The van der Waals surface area contributed by atoms with Gasteiger partial charge in [-0.15, -0.1) is 0 Å². The Morgan fingerprint density at radius 2 is 1.83 bits per heavy atom. The van der Waals surface area contributed by atoms with Crippen LogP contribution in [0.5, 0.6) is 0 Å². The molecule has 0 spiro atoms. The first-order chi connectivity index (χ1) is 11.3. The van der Waals surface area contributed by atoms with Crippen molar-refractivity contribution < 1.29 is 23.9 Å². The Morgan fingerprint density at radius 1 is 1.21 bits per heavy atom. The fourth-order valence-electron chi connectivity index (χ4n) is 2.28. The Labute approximate surface area is 140 Å². The average molecular weight is 338 g/mol. The van der Waals surface area contributed by atoms with Crippen LogP contribution in [0, 0.1) is 11.7 Å². The molecule has 2 amide bonds. The Hall–Kier alpha value is -2.44. The fourth-order valence-corrected chi connectivity index (χ4v) is 2.28. The molecule has 7 heteroatoms. The number of aliphatic carboxylic acids is 1. The molecule has 0 aliphatic carbocycles. The minimum Gasteiger partial charge on any atom is -0.480 e. The van der Waals surface area contributed by atoms with Gasteiger partial charge in [0, 0.05) is 13.3 Å². The molecule has 0 saturated heterocycles. The third kappa shape index (κ3) is 5.64. The van der Waals surface area contributed by atoms with Gasteiger partial charge in [0.05, 0.1) is 0 Å². The van der Waals surface area contributed by atoms with Gasteiger partial charge in [0.1, 0.15) is 17.9 Å². The quantitative estimate of drug-likeness (QED) is 0.669. The van der Waals surface area contributed by atoms with E-state index in [1.165, 1.54) is 25.1 Å². The van der Waals surface area contributed by atoms with Crippen LogP contribution in [0.2, 0.25) is 0 Å². The lowest BCUT2D eigenvalue weighted by molar-refractivity contribution is -0.143. The van der Waals surface area contributed by atoms with Crippen LogP contribution in [0.3, 0.4) is 0 Å². The molecule has 1 aromatic rings. The van der Waals surface area contributed by atoms with Crippen molar-refractivity contribution >= 4 is 17.8 Å². The van der Waals surface area contributed by atoms with Crippen LogP contribution in [0.25, 0.3) is 0 Å². The summed E-state index contributed by atoms with van der Waals surface area (Å²) in [7, 11) is 0. The summed E-state index contributed by atoms with van der Waals surface area (Å²) in [5.74, 6) is -3.02. The second-order valence-electron chi connectivity index (χ2n) is 5.76. The summed E-state index contributed by atoms with van der Waals surface area (Å²) in [6.07, 6.45) is 0.500. The van der Waals surface area contributed by atoms with E-state index < -0.39 is 35.7 Å². The largest absolute Gasteiger partial charge is 0.480 e. The highest BCUT2D eigenvalue weighted by Gasteiger charge is 2.29. The number of benzene rings is 1. The van der Waals surface area contributed by atoms with Crippen LogP contribution in [-0.4, -0.2) is 35.0 Å². The molecular formula is C17H23FN2O4. The summed E-state index contributed by atoms with van der Waals surface area (Å²) >= 11 is 0. The van der Waals surface area contributed by atoms with Crippen molar-refractivity contribution in [3.63, 3.8) is 0 Å². The predicted molar refractivity (Wildman–Crippen MR) is 86.7 cm³/mol. The van der Waals surface area contributed by atoms with Crippen molar-refractivity contribution in [1.82, 2.24) is 10.6 Å². The zero-order valence-electron chi connectivity index (χ0n) is 14.0. The maximum absolute atomic E-state index is 13.8. The van der Waals surface area contributed by atoms with Crippen LogP contribution in [0.1, 0.15) is 32.8 Å². The van der Waals surface area contributed by atoms with Gasteiger partial charge in [-0.2, -0.15) is 0 Å². The maximum atomic E-state index is 13.8. The van der Waals surface area contributed by atoms with Gasteiger partial charge in [0.25, 0.3) is 0 Å². The third-order valence-electron chi connectivity index (χ3n) is 3.85. The number of hydrogen-bond acceptors (Lipinski definition) is 3. The van der Waals surface area contributed by atoms with E-state index >= 15 is 0 Å². The van der Waals surface area contributed by atoms with E-state index in [0.717, 1.165) is 0 Å². The molecule has 0 aromatic heterocycles. The van der Waals surface area contributed by atoms with Gasteiger partial charge in [0.2, 0.25) is 11.8 Å². The molecule has 0 aliphatic rings. The van der Waals surface area contributed by atoms with E-state index in [0.29, 0.717) is 6.42 Å². The second kappa shape index (κ2) is 9.00. The standard InChI is InChI=1S/C17H23FN2O4/c1-4-10(2)15(17(23)24)20-16(22)14(19-11(3)21)9-12-7-5-6-8-13(12)18/h5-8,10,14-15H,4,9H2,1-3H3,(H,19,21)(H,20,22)(H,23,24)/t10-,14-,15-/m1/s1. The molecule has 3 N–H and O–H groups in total. The summed E-state index contributed by atoms with van der Waals surface area (Å²) in [5.41, 5.74) is 0.266. The van der Waals surface area contributed by atoms with Crippen molar-refractivity contribution in [2.24, 2.45) is 5.92 Å². The number of amides is 2. The molecule has 1 aromatic carbocycles. The van der Waals surface area contributed by atoms with E-state index in [9.17, 15) is 23.9 Å². The minimum atomic E-state index is -1.15. The Bertz CT molecular complexity index is 606. The van der Waals surface area contributed by atoms with Crippen molar-refractivity contribution in [2.45, 2.75) is 45.7 Å². The van der Waals surface area contributed by atoms with Gasteiger partial charge in [-0.25, -0.2) is 9.18 Å². The molecule has 0 unspecified atom stereocenters. The molecular weight excluding hydrogens is 315 g/mol. The lowest BCUT2D eigenvalue weighted by atomic mass is 9.98. The van der Waals surface area contributed by atoms with Crippen molar-refractivity contribution in [2.75, 3.05) is 0 Å². The van der Waals surface area contributed by atoms with Crippen LogP contribution in [-0.2, 0) is 20.8 Å². The second-order valence-corrected chi connectivity index (χ2v) is 5.76. The van der Waals surface area contributed by atoms with Crippen molar-refractivity contribution in [3.05, 3.63) is 35.6 Å². The number of hydrogen-bond donors (Lipinski definition) is 3. The van der Waals surface area contributed by atoms with Gasteiger partial charge in [-0.3, -0.25) is 9.59 Å². The molecule has 0 saturated carbocycles. The highest BCUT2D eigenvalue weighted by molar-refractivity contribution is 5.90. The molecule has 6 nitrogen and oxygen atoms in total. The van der Waals surface area contributed by atoms with Crippen molar-refractivity contribution in [3.8, 4) is 0 Å². The first-order valence-corrected chi connectivity index (χ1v) is 7.79. The van der Waals surface area contributed by atoms with Gasteiger partial charge in [0.15, 0.2) is 0 Å². The topological polar surface area (TPSA) is 95.5 Å². The maximum Gasteiger partial charge on any atom is 0.326 e. The van der Waals surface area contributed by atoms with Gasteiger partial charge < -0.3 is 15.7 Å². The molecule has 3 atom stereocenters. The highest BCUT2D eigenvalue weighted by Crippen LogP contribution is 2.12. The highest BCUT2D eigenvalue weighted by atomic mass is 19.1. The molecule has 0 radical (unpaired) electrons. The van der Waals surface area contributed by atoms with E-state index in [2.05, 4.69) is 10.6 Å². The molecule has 0 bridgehead atoms. The summed E-state index contributed by atoms with van der Waals surface area (Å²) in [6.45, 7) is 4.77. The number of carboxylic acid groups (broad SMARTS) is 1. The zero-order chi connectivity index (χ0) is 18.3. The number of carboxylic acids is 1. The minimum absolute atomic E-state index is 0.0646. The number of carbonyl (C=O) groups is 3. The lowest BCUT2D eigenvalue weighted by Crippen LogP contribution is -2.53. The van der Waals surface area contributed by atoms with Crippen molar-refractivity contribution in [1.29, 1.82) is 0 Å². The molecule has 24 heavy (non-hydrogen) atoms. The number of halogens is 1. The first kappa shape index (κ1) is 19.6. The number of rotatable bonds is 8. The third-order valence-corrected chi connectivity index (χ3v) is 3.85. The van der Waals surface area contributed by atoms with Crippen LogP contribution < -0.4 is 10.6 Å². The molecule has 132 valence electrons. The fraction of sp³-hybridized carbons (Fsp3) is 0.471. The smallest absolute Gasteiger partial charge is 0.326 e. The zero-order valence-corrected chi connectivity index (χ0v) is 14.0. The van der Waals surface area contributed by atoms with E-state index in [1.54, 1.807) is 13.0 Å². The summed E-state index contributed by atoms with van der Waals surface area (Å²) in [4.78, 5) is 35.1. The van der Waals surface area contributed by atoms with Crippen LogP contribution in [0.15, 0.2) is 24.3 Å². The van der Waals surface area contributed by atoms with Crippen LogP contribution in [0.4, 0.5) is 4.39 Å². The Morgan fingerprint density at radius 3 is 2.33 bits per heavy atom. The molecule has 1 rings (SSSR count). The van der Waals surface area contributed by atoms with E-state index in [4.69, 9.17) is 0 Å². The Balaban J connectivity index is 2.94. The molecule has 0 heterocycles. The normalized spacial score (nSPS) is 14.3. The van der Waals surface area contributed by atoms with Gasteiger partial charge in [-0.05, 0) is 17.5 Å². The summed E-state index contributed by atoms with van der Waals surface area (Å²) < 4.78 is 13.8. The Kier molecular flexibility index (Phi) is 7.35. The summed E-state index contributed by atoms with van der Waals surface area (Å²) in [5, 5.41) is 14.1. The van der Waals surface area contributed by atoms with E-state index in [1.807, 2.05) is 6.92 Å². The molecule has 0 aliphatic heterocycles. The number of nitrogens with one attached hydrogen (secondary N) is 2. The SMILES string of the molecule is CC[C@@H](C)[C@@H](NC(=O)[C@@H](Cc1ccccc1F)NC(C)=O)C(=O)O. The van der Waals surface area contributed by atoms with E-state index in [-0.39, 0.29) is 17.9 Å². The van der Waals surface area contributed by atoms with Gasteiger partial charge >= 0.3 is 5.97 Å². The van der Waals surface area contributed by atoms with Gasteiger partial charge in [-0.1, -0.05) is 38.5 Å². The first-order valence-electron chi connectivity index (χ1n) is 7.79.